The minimum Gasteiger partial charge on any atom is -0.468 e. The quantitative estimate of drug-likeness (QED) is 0.451. The maximum atomic E-state index is 14.3. The Hall–Kier alpha value is -3.77. The molecule has 1 saturated carbocycles. The van der Waals surface area contributed by atoms with Crippen molar-refractivity contribution in [3.05, 3.63) is 71.0 Å². The van der Waals surface area contributed by atoms with Crippen LogP contribution in [0, 0.1) is 23.4 Å². The number of carbonyl (C=O) groups is 3. The molecule has 4 amide bonds. The fourth-order valence-electron chi connectivity index (χ4n) is 6.60. The van der Waals surface area contributed by atoms with Crippen LogP contribution in [-0.2, 0) is 14.3 Å². The average Bonchev–Trinajstić information content (AvgIpc) is 3.47. The molecule has 5 rings (SSSR count). The minimum absolute atomic E-state index is 0.0152. The largest absolute Gasteiger partial charge is 0.468 e. The number of imide groups is 1. The lowest BCUT2D eigenvalue weighted by Crippen LogP contribution is -2.55. The van der Waals surface area contributed by atoms with E-state index >= 15 is 0 Å². The van der Waals surface area contributed by atoms with Gasteiger partial charge in [-0.15, -0.1) is 0 Å². The first-order valence-corrected chi connectivity index (χ1v) is 14.4. The van der Waals surface area contributed by atoms with E-state index in [1.165, 1.54) is 25.3 Å². The summed E-state index contributed by atoms with van der Waals surface area (Å²) in [6, 6.07) is 6.64. The second kappa shape index (κ2) is 13.3. The highest BCUT2D eigenvalue weighted by atomic mass is 19.2. The van der Waals surface area contributed by atoms with Crippen LogP contribution in [0.3, 0.4) is 0 Å². The summed E-state index contributed by atoms with van der Waals surface area (Å²) in [7, 11) is 2.50. The molecule has 1 saturated heterocycles. The minimum atomic E-state index is -1.34. The van der Waals surface area contributed by atoms with E-state index < -0.39 is 41.6 Å². The van der Waals surface area contributed by atoms with Gasteiger partial charge < -0.3 is 14.8 Å². The summed E-state index contributed by atoms with van der Waals surface area (Å²) in [6.07, 6.45) is 4.57. The zero-order valence-electron chi connectivity index (χ0n) is 24.1. The van der Waals surface area contributed by atoms with Gasteiger partial charge in [0.1, 0.15) is 11.7 Å². The Kier molecular flexibility index (Phi) is 9.46. The number of ether oxygens (including phenoxy) is 2. The highest BCUT2D eigenvalue weighted by Crippen LogP contribution is 2.37. The third-order valence-corrected chi connectivity index (χ3v) is 8.75. The van der Waals surface area contributed by atoms with Gasteiger partial charge in [0.25, 0.3) is 0 Å². The van der Waals surface area contributed by atoms with Crippen molar-refractivity contribution in [2.75, 3.05) is 33.9 Å². The Morgan fingerprint density at radius 1 is 0.953 bits per heavy atom. The molecule has 3 atom stereocenters. The smallest absolute Gasteiger partial charge is 0.352 e. The molecule has 43 heavy (non-hydrogen) atoms. The summed E-state index contributed by atoms with van der Waals surface area (Å²) in [6.45, 7) is 1.13. The number of urea groups is 2. The van der Waals surface area contributed by atoms with Crippen molar-refractivity contribution < 1.29 is 37.0 Å². The monoisotopic (exact) mass is 600 g/mol. The van der Waals surface area contributed by atoms with E-state index in [1.54, 1.807) is 0 Å². The molecule has 1 aliphatic carbocycles. The van der Waals surface area contributed by atoms with Crippen LogP contribution in [0.15, 0.2) is 47.5 Å². The van der Waals surface area contributed by atoms with Crippen LogP contribution in [0.5, 0.6) is 0 Å². The van der Waals surface area contributed by atoms with Crippen molar-refractivity contribution in [2.45, 2.75) is 56.1 Å². The summed E-state index contributed by atoms with van der Waals surface area (Å²) in [5, 5.41) is 2.91. The van der Waals surface area contributed by atoms with Gasteiger partial charge in [-0.25, -0.2) is 27.7 Å². The van der Waals surface area contributed by atoms with Crippen LogP contribution in [0.4, 0.5) is 22.8 Å². The molecule has 0 bridgehead atoms. The molecule has 2 aliphatic heterocycles. The molecule has 3 aliphatic rings. The van der Waals surface area contributed by atoms with Crippen LogP contribution in [0.2, 0.25) is 0 Å². The van der Waals surface area contributed by atoms with Gasteiger partial charge in [-0.1, -0.05) is 18.2 Å². The van der Waals surface area contributed by atoms with E-state index in [2.05, 4.69) is 15.2 Å². The van der Waals surface area contributed by atoms with Crippen LogP contribution in [-0.4, -0.2) is 79.5 Å². The van der Waals surface area contributed by atoms with E-state index in [0.717, 1.165) is 61.9 Å². The normalized spacial score (nSPS) is 26.3. The number of benzene rings is 2. The van der Waals surface area contributed by atoms with Crippen molar-refractivity contribution in [2.24, 2.45) is 10.9 Å². The third kappa shape index (κ3) is 6.59. The number of aliphatic imine (C=N–C) groups is 1. The summed E-state index contributed by atoms with van der Waals surface area (Å²) >= 11 is 0. The summed E-state index contributed by atoms with van der Waals surface area (Å²) in [4.78, 5) is 46.9. The Bertz CT molecular complexity index is 1380. The van der Waals surface area contributed by atoms with Gasteiger partial charge in [0.2, 0.25) is 0 Å². The fraction of sp³-hybridized carbons (Fsp3) is 0.484. The SMILES string of the molecule is COCC1=NC(=O)N(C(=O)N[C@@H]2CCN(C3CCC(c4ccc(F)cc4)CC3)C2)[C@@H](c2ccc(F)c(F)c2)C1C(=O)OC. The molecule has 9 nitrogen and oxygen atoms in total. The topological polar surface area (TPSA) is 101 Å². The first-order valence-electron chi connectivity index (χ1n) is 14.4. The number of esters is 1. The van der Waals surface area contributed by atoms with Crippen LogP contribution in [0.25, 0.3) is 0 Å². The molecule has 2 fully saturated rings. The standard InChI is InChI=1S/C31H35F3N4O5/c1-42-17-26-27(29(39)43-2)28(20-7-12-24(33)25(34)15-20)38(31(41)36-26)30(40)35-22-13-14-37(16-22)23-10-5-19(6-11-23)18-3-8-21(32)9-4-18/h3-4,7-9,12,15,19,22-23,27-28H,5-6,10-11,13-14,16-17H2,1-2H3,(H,35,40)/t19?,22-,23?,27?,28+/m1/s1. The van der Waals surface area contributed by atoms with E-state index in [-0.39, 0.29) is 29.7 Å². The van der Waals surface area contributed by atoms with Crippen LogP contribution in [0.1, 0.15) is 55.2 Å². The average molecular weight is 601 g/mol. The summed E-state index contributed by atoms with van der Waals surface area (Å²) < 4.78 is 51.5. The van der Waals surface area contributed by atoms with Gasteiger partial charge in [0.05, 0.1) is 25.5 Å². The molecule has 230 valence electrons. The van der Waals surface area contributed by atoms with Gasteiger partial charge in [-0.2, -0.15) is 4.99 Å². The molecule has 0 radical (unpaired) electrons. The van der Waals surface area contributed by atoms with Crippen molar-refractivity contribution in [3.8, 4) is 0 Å². The van der Waals surface area contributed by atoms with Crippen molar-refractivity contribution in [1.29, 1.82) is 0 Å². The second-order valence-electron chi connectivity index (χ2n) is 11.3. The van der Waals surface area contributed by atoms with Crippen molar-refractivity contribution in [3.63, 3.8) is 0 Å². The third-order valence-electron chi connectivity index (χ3n) is 8.75. The first kappa shape index (κ1) is 30.7. The van der Waals surface area contributed by atoms with Gasteiger partial charge in [-0.05, 0) is 73.4 Å². The molecule has 0 aromatic heterocycles. The first-order chi connectivity index (χ1) is 20.7. The number of nitrogens with one attached hydrogen (secondary N) is 1. The molecular weight excluding hydrogens is 565 g/mol. The molecule has 1 unspecified atom stereocenters. The van der Waals surface area contributed by atoms with Crippen molar-refractivity contribution >= 4 is 23.7 Å². The Balaban J connectivity index is 1.29. The van der Waals surface area contributed by atoms with Crippen molar-refractivity contribution in [1.82, 2.24) is 15.1 Å². The summed E-state index contributed by atoms with van der Waals surface area (Å²) in [5.41, 5.74) is 1.20. The Morgan fingerprint density at radius 3 is 2.30 bits per heavy atom. The maximum absolute atomic E-state index is 14.3. The van der Waals surface area contributed by atoms with E-state index in [0.29, 0.717) is 24.9 Å². The number of methoxy groups -OCH3 is 2. The van der Waals surface area contributed by atoms with E-state index in [9.17, 15) is 27.6 Å². The van der Waals surface area contributed by atoms with Gasteiger partial charge in [0.15, 0.2) is 11.6 Å². The summed E-state index contributed by atoms with van der Waals surface area (Å²) in [5.74, 6) is -4.24. The lowest BCUT2D eigenvalue weighted by Gasteiger charge is -2.38. The number of rotatable bonds is 7. The fourth-order valence-corrected chi connectivity index (χ4v) is 6.60. The highest BCUT2D eigenvalue weighted by Gasteiger charge is 2.48. The molecular formula is C31H35F3N4O5. The van der Waals surface area contributed by atoms with Gasteiger partial charge in [0, 0.05) is 32.3 Å². The predicted molar refractivity (Wildman–Crippen MR) is 151 cm³/mol. The Labute approximate surface area is 248 Å². The number of likely N-dealkylation sites (tertiary alicyclic amines) is 1. The number of hydrogen-bond acceptors (Lipinski definition) is 6. The van der Waals surface area contributed by atoms with Crippen LogP contribution >= 0.6 is 0 Å². The predicted octanol–water partition coefficient (Wildman–Crippen LogP) is 4.97. The zero-order valence-corrected chi connectivity index (χ0v) is 24.1. The molecule has 2 aromatic carbocycles. The Morgan fingerprint density at radius 2 is 1.65 bits per heavy atom. The molecule has 1 N–H and O–H groups in total. The number of carbonyl (C=O) groups excluding carboxylic acids is 3. The molecule has 2 aromatic rings. The van der Waals surface area contributed by atoms with E-state index in [4.69, 9.17) is 9.47 Å². The van der Waals surface area contributed by atoms with Gasteiger partial charge in [-0.3, -0.25) is 9.69 Å². The number of nitrogens with zero attached hydrogens (tertiary/aromatic N) is 3. The van der Waals surface area contributed by atoms with Crippen LogP contribution < -0.4 is 5.32 Å². The number of hydrogen-bond donors (Lipinski definition) is 1. The maximum Gasteiger partial charge on any atom is 0.352 e. The van der Waals surface area contributed by atoms with Gasteiger partial charge >= 0.3 is 18.0 Å². The van der Waals surface area contributed by atoms with E-state index in [1.807, 2.05) is 12.1 Å². The highest BCUT2D eigenvalue weighted by molar-refractivity contribution is 6.12. The number of halogens is 3. The molecule has 0 spiro atoms. The lowest BCUT2D eigenvalue weighted by atomic mass is 9.81. The molecule has 12 heteroatoms. The lowest BCUT2D eigenvalue weighted by molar-refractivity contribution is -0.144. The molecule has 2 heterocycles. The second-order valence-corrected chi connectivity index (χ2v) is 11.3. The number of amides is 4. The zero-order chi connectivity index (χ0) is 30.7.